The van der Waals surface area contributed by atoms with Gasteiger partial charge in [0.25, 0.3) is 5.56 Å². The van der Waals surface area contributed by atoms with Gasteiger partial charge in [0.15, 0.2) is 0 Å². The number of nitrogens with zero attached hydrogens (tertiary/aromatic N) is 4. The van der Waals surface area contributed by atoms with Crippen LogP contribution in [0.25, 0.3) is 10.9 Å². The lowest BCUT2D eigenvalue weighted by Gasteiger charge is -2.03. The lowest BCUT2D eigenvalue weighted by molar-refractivity contribution is 0.778. The summed E-state index contributed by atoms with van der Waals surface area (Å²) in [5, 5.41) is 17.7. The predicted molar refractivity (Wildman–Crippen MR) is 49.8 cm³/mol. The maximum absolute atomic E-state index is 11.3. The van der Waals surface area contributed by atoms with E-state index < -0.39 is 0 Å². The lowest BCUT2D eigenvalue weighted by Crippen LogP contribution is -2.12. The van der Waals surface area contributed by atoms with E-state index in [1.54, 1.807) is 0 Å². The van der Waals surface area contributed by atoms with E-state index in [4.69, 9.17) is 0 Å². The van der Waals surface area contributed by atoms with Crippen molar-refractivity contribution >= 4 is 10.9 Å². The number of aromatic nitrogens is 5. The van der Waals surface area contributed by atoms with Crippen LogP contribution in [0.1, 0.15) is 25.5 Å². The molecule has 2 heterocycles. The quantitative estimate of drug-likeness (QED) is 0.697. The Balaban J connectivity index is 2.88. The monoisotopic (exact) mass is 191 g/mol. The Hall–Kier alpha value is -1.85. The first-order chi connectivity index (χ1) is 6.70. The summed E-state index contributed by atoms with van der Waals surface area (Å²) < 4.78 is 0. The lowest BCUT2D eigenvalue weighted by atomic mass is 10.1. The summed E-state index contributed by atoms with van der Waals surface area (Å²) in [4.78, 5) is 11.3. The van der Waals surface area contributed by atoms with Crippen LogP contribution in [0, 0.1) is 0 Å². The second-order valence-corrected chi connectivity index (χ2v) is 3.29. The van der Waals surface area contributed by atoms with E-state index in [-0.39, 0.29) is 11.5 Å². The van der Waals surface area contributed by atoms with Crippen molar-refractivity contribution in [3.63, 3.8) is 0 Å². The van der Waals surface area contributed by atoms with Gasteiger partial charge in [0.1, 0.15) is 5.52 Å². The maximum atomic E-state index is 11.3. The van der Waals surface area contributed by atoms with Crippen molar-refractivity contribution in [2.24, 2.45) is 0 Å². The van der Waals surface area contributed by atoms with Crippen molar-refractivity contribution in [2.45, 2.75) is 19.8 Å². The third-order valence-corrected chi connectivity index (χ3v) is 1.94. The highest BCUT2D eigenvalue weighted by atomic mass is 16.1. The van der Waals surface area contributed by atoms with E-state index >= 15 is 0 Å². The van der Waals surface area contributed by atoms with Gasteiger partial charge in [-0.2, -0.15) is 10.2 Å². The van der Waals surface area contributed by atoms with E-state index in [0.717, 1.165) is 0 Å². The molecule has 2 rings (SSSR count). The highest BCUT2D eigenvalue weighted by Crippen LogP contribution is 2.16. The average molecular weight is 191 g/mol. The van der Waals surface area contributed by atoms with Crippen molar-refractivity contribution in [1.82, 2.24) is 25.6 Å². The minimum atomic E-state index is -0.285. The highest BCUT2D eigenvalue weighted by Gasteiger charge is 2.10. The Morgan fingerprint density at radius 3 is 2.86 bits per heavy atom. The fraction of sp³-hybridized carbons (Fsp3) is 0.375. The molecule has 2 aromatic heterocycles. The zero-order valence-corrected chi connectivity index (χ0v) is 7.85. The Morgan fingerprint density at radius 1 is 1.36 bits per heavy atom. The SMILES string of the molecule is CC(C)c1nncc2c(=O)[nH]nnc12. The molecule has 0 saturated heterocycles. The first-order valence-corrected chi connectivity index (χ1v) is 4.27. The molecule has 0 spiro atoms. The molecular weight excluding hydrogens is 182 g/mol. The van der Waals surface area contributed by atoms with Gasteiger partial charge < -0.3 is 0 Å². The van der Waals surface area contributed by atoms with Crippen molar-refractivity contribution in [3.05, 3.63) is 22.2 Å². The molecule has 0 aliphatic heterocycles. The summed E-state index contributed by atoms with van der Waals surface area (Å²) in [6.07, 6.45) is 1.40. The van der Waals surface area contributed by atoms with Crippen molar-refractivity contribution in [1.29, 1.82) is 0 Å². The highest BCUT2D eigenvalue weighted by molar-refractivity contribution is 5.77. The summed E-state index contributed by atoms with van der Waals surface area (Å²) >= 11 is 0. The summed E-state index contributed by atoms with van der Waals surface area (Å²) in [5.74, 6) is 0.169. The molecule has 0 saturated carbocycles. The van der Waals surface area contributed by atoms with Crippen LogP contribution in [0.4, 0.5) is 0 Å². The first kappa shape index (κ1) is 8.74. The van der Waals surface area contributed by atoms with Gasteiger partial charge in [0.2, 0.25) is 0 Å². The fourth-order valence-electron chi connectivity index (χ4n) is 1.24. The van der Waals surface area contributed by atoms with E-state index in [1.807, 2.05) is 13.8 Å². The molecule has 72 valence electrons. The van der Waals surface area contributed by atoms with Crippen LogP contribution >= 0.6 is 0 Å². The van der Waals surface area contributed by atoms with Gasteiger partial charge in [-0.25, -0.2) is 5.10 Å². The molecule has 6 heteroatoms. The van der Waals surface area contributed by atoms with Gasteiger partial charge >= 0.3 is 0 Å². The molecule has 14 heavy (non-hydrogen) atoms. The number of H-pyrrole nitrogens is 1. The van der Waals surface area contributed by atoms with Gasteiger partial charge in [-0.15, -0.1) is 5.10 Å². The molecule has 6 nitrogen and oxygen atoms in total. The van der Waals surface area contributed by atoms with Crippen LogP contribution in [-0.4, -0.2) is 25.6 Å². The molecular formula is C8H9N5O. The summed E-state index contributed by atoms with van der Waals surface area (Å²) in [5.41, 5.74) is 0.937. The van der Waals surface area contributed by atoms with Crippen LogP contribution in [-0.2, 0) is 0 Å². The first-order valence-electron chi connectivity index (χ1n) is 4.27. The van der Waals surface area contributed by atoms with Gasteiger partial charge in [0, 0.05) is 0 Å². The molecule has 0 aliphatic rings. The van der Waals surface area contributed by atoms with Crippen LogP contribution in [0.2, 0.25) is 0 Å². The second-order valence-electron chi connectivity index (χ2n) is 3.29. The van der Waals surface area contributed by atoms with Crippen LogP contribution in [0.3, 0.4) is 0 Å². The molecule has 0 fully saturated rings. The van der Waals surface area contributed by atoms with Gasteiger partial charge in [-0.1, -0.05) is 19.1 Å². The number of hydrogen-bond acceptors (Lipinski definition) is 5. The number of fused-ring (bicyclic) bond motifs is 1. The third kappa shape index (κ3) is 1.24. The largest absolute Gasteiger partial charge is 0.276 e. The summed E-state index contributed by atoms with van der Waals surface area (Å²) in [6, 6.07) is 0. The van der Waals surface area contributed by atoms with Crippen molar-refractivity contribution in [2.75, 3.05) is 0 Å². The standard InChI is InChI=1S/C8H9N5O/c1-4(2)6-7-5(3-9-10-6)8(14)12-13-11-7/h3-4H,1-2H3,(H,11,12,14). The third-order valence-electron chi connectivity index (χ3n) is 1.94. The minimum Gasteiger partial charge on any atom is -0.267 e. The number of nitrogens with one attached hydrogen (secondary N) is 1. The van der Waals surface area contributed by atoms with Crippen LogP contribution in [0.15, 0.2) is 11.0 Å². The molecule has 0 amide bonds. The van der Waals surface area contributed by atoms with E-state index in [1.165, 1.54) is 6.20 Å². The van der Waals surface area contributed by atoms with Crippen LogP contribution in [0.5, 0.6) is 0 Å². The number of rotatable bonds is 1. The number of aromatic amines is 1. The van der Waals surface area contributed by atoms with Crippen molar-refractivity contribution < 1.29 is 0 Å². The molecule has 1 N–H and O–H groups in total. The second kappa shape index (κ2) is 3.13. The molecule has 2 aromatic rings. The zero-order chi connectivity index (χ0) is 10.1. The van der Waals surface area contributed by atoms with E-state index in [0.29, 0.717) is 16.6 Å². The Bertz CT molecular complexity index is 518. The topological polar surface area (TPSA) is 84.4 Å². The Labute approximate surface area is 79.4 Å². The van der Waals surface area contributed by atoms with Gasteiger partial charge in [-0.05, 0) is 5.92 Å². The molecule has 0 unspecified atom stereocenters. The van der Waals surface area contributed by atoms with Crippen LogP contribution < -0.4 is 5.56 Å². The molecule has 0 radical (unpaired) electrons. The Morgan fingerprint density at radius 2 is 2.14 bits per heavy atom. The minimum absolute atomic E-state index is 0.169. The summed E-state index contributed by atoms with van der Waals surface area (Å²) in [6.45, 7) is 3.93. The summed E-state index contributed by atoms with van der Waals surface area (Å²) in [7, 11) is 0. The fourth-order valence-corrected chi connectivity index (χ4v) is 1.24. The van der Waals surface area contributed by atoms with Gasteiger partial charge in [0.05, 0.1) is 17.3 Å². The predicted octanol–water partition coefficient (Wildman–Crippen LogP) is 0.231. The molecule has 0 atom stereocenters. The van der Waals surface area contributed by atoms with E-state index in [2.05, 4.69) is 25.6 Å². The molecule has 0 aliphatic carbocycles. The van der Waals surface area contributed by atoms with Gasteiger partial charge in [-0.3, -0.25) is 4.79 Å². The smallest absolute Gasteiger partial charge is 0.267 e. The molecule has 0 bridgehead atoms. The average Bonchev–Trinajstić information content (AvgIpc) is 2.17. The van der Waals surface area contributed by atoms with Crippen molar-refractivity contribution in [3.8, 4) is 0 Å². The molecule has 0 aromatic carbocycles. The normalized spacial score (nSPS) is 11.1. The Kier molecular flexibility index (Phi) is 1.95. The zero-order valence-electron chi connectivity index (χ0n) is 7.85. The van der Waals surface area contributed by atoms with E-state index in [9.17, 15) is 4.79 Å². The number of hydrogen-bond donors (Lipinski definition) is 1. The maximum Gasteiger partial charge on any atom is 0.276 e.